The number of esters is 1. The summed E-state index contributed by atoms with van der Waals surface area (Å²) >= 11 is 0. The standard InChI is InChI=1S/C8H8O3.K.H/c1-11-8(10)6-2-4-7(9)5-3-6;;/h2-5,9H,1H3;;/q;+1;-1. The Morgan fingerprint density at radius 1 is 1.42 bits per heavy atom. The van der Waals surface area contributed by atoms with Gasteiger partial charge in [0.1, 0.15) is 5.75 Å². The van der Waals surface area contributed by atoms with E-state index in [4.69, 9.17) is 5.11 Å². The molecule has 0 aliphatic rings. The Hall–Kier alpha value is 0.126. The van der Waals surface area contributed by atoms with Gasteiger partial charge in [-0.1, -0.05) is 0 Å². The van der Waals surface area contributed by atoms with E-state index in [0.29, 0.717) is 5.56 Å². The third kappa shape index (κ3) is 3.24. The van der Waals surface area contributed by atoms with Crippen LogP contribution in [0.25, 0.3) is 0 Å². The molecule has 0 saturated carbocycles. The molecule has 1 N–H and O–H groups in total. The first kappa shape index (κ1) is 12.1. The fourth-order valence-corrected chi connectivity index (χ4v) is 0.715. The Morgan fingerprint density at radius 3 is 2.33 bits per heavy atom. The number of ether oxygens (including phenoxy) is 1. The van der Waals surface area contributed by atoms with E-state index >= 15 is 0 Å². The van der Waals surface area contributed by atoms with Crippen molar-refractivity contribution in [1.29, 1.82) is 0 Å². The van der Waals surface area contributed by atoms with Crippen LogP contribution in [0.2, 0.25) is 0 Å². The molecule has 0 aromatic heterocycles. The molecule has 0 radical (unpaired) electrons. The molecule has 1 rings (SSSR count). The first-order valence-electron chi connectivity index (χ1n) is 3.11. The number of phenols is 1. The molecule has 0 bridgehead atoms. The van der Waals surface area contributed by atoms with E-state index < -0.39 is 5.97 Å². The van der Waals surface area contributed by atoms with Gasteiger partial charge < -0.3 is 11.3 Å². The summed E-state index contributed by atoms with van der Waals surface area (Å²) in [5.41, 5.74) is 0.435. The first-order chi connectivity index (χ1) is 5.24. The molecule has 0 atom stereocenters. The number of phenolic OH excluding ortho intramolecular Hbond substituents is 1. The van der Waals surface area contributed by atoms with Gasteiger partial charge in [0.2, 0.25) is 0 Å². The summed E-state index contributed by atoms with van der Waals surface area (Å²) in [6.07, 6.45) is 0. The minimum atomic E-state index is -0.398. The minimum absolute atomic E-state index is 0. The second-order valence-corrected chi connectivity index (χ2v) is 2.04. The molecule has 0 unspecified atom stereocenters. The van der Waals surface area contributed by atoms with Crippen molar-refractivity contribution in [3.63, 3.8) is 0 Å². The van der Waals surface area contributed by atoms with E-state index in [-0.39, 0.29) is 58.6 Å². The molecule has 0 saturated heterocycles. The minimum Gasteiger partial charge on any atom is -1.00 e. The van der Waals surface area contributed by atoms with Gasteiger partial charge in [-0.2, -0.15) is 0 Å². The number of aromatic hydroxyl groups is 1. The van der Waals surface area contributed by atoms with E-state index in [1.807, 2.05) is 0 Å². The van der Waals surface area contributed by atoms with Crippen molar-refractivity contribution in [2.75, 3.05) is 7.11 Å². The number of benzene rings is 1. The van der Waals surface area contributed by atoms with E-state index in [1.165, 1.54) is 31.4 Å². The van der Waals surface area contributed by atoms with Gasteiger partial charge >= 0.3 is 57.4 Å². The van der Waals surface area contributed by atoms with Crippen LogP contribution in [0.3, 0.4) is 0 Å². The third-order valence-electron chi connectivity index (χ3n) is 1.29. The summed E-state index contributed by atoms with van der Waals surface area (Å²) in [5, 5.41) is 8.86. The van der Waals surface area contributed by atoms with Gasteiger partial charge in [-0.3, -0.25) is 0 Å². The summed E-state index contributed by atoms with van der Waals surface area (Å²) in [7, 11) is 1.31. The molecule has 1 aromatic rings. The maximum atomic E-state index is 10.8. The van der Waals surface area contributed by atoms with Crippen molar-refractivity contribution in [1.82, 2.24) is 0 Å². The van der Waals surface area contributed by atoms with Crippen LogP contribution in [0.4, 0.5) is 0 Å². The van der Waals surface area contributed by atoms with E-state index in [1.54, 1.807) is 0 Å². The third-order valence-corrected chi connectivity index (χ3v) is 1.29. The molecule has 0 aliphatic heterocycles. The Morgan fingerprint density at radius 2 is 1.92 bits per heavy atom. The molecular weight excluding hydrogens is 183 g/mol. The number of methoxy groups -OCH3 is 1. The Kier molecular flexibility index (Phi) is 5.78. The Balaban J connectivity index is 0. The van der Waals surface area contributed by atoms with Crippen molar-refractivity contribution in [3.05, 3.63) is 29.8 Å². The molecule has 0 heterocycles. The van der Waals surface area contributed by atoms with Gasteiger partial charge in [-0.25, -0.2) is 4.79 Å². The van der Waals surface area contributed by atoms with Crippen molar-refractivity contribution in [2.45, 2.75) is 0 Å². The van der Waals surface area contributed by atoms with Gasteiger partial charge in [-0.05, 0) is 24.3 Å². The van der Waals surface area contributed by atoms with E-state index in [9.17, 15) is 4.79 Å². The molecule has 0 aliphatic carbocycles. The number of hydrogen-bond donors (Lipinski definition) is 1. The molecule has 0 spiro atoms. The van der Waals surface area contributed by atoms with Gasteiger partial charge in [0.25, 0.3) is 0 Å². The summed E-state index contributed by atoms with van der Waals surface area (Å²) in [6.45, 7) is 0. The SMILES string of the molecule is COC(=O)c1ccc(O)cc1.[H-].[K+]. The van der Waals surface area contributed by atoms with Crippen LogP contribution in [0.15, 0.2) is 24.3 Å². The summed E-state index contributed by atoms with van der Waals surface area (Å²) in [4.78, 5) is 10.8. The summed E-state index contributed by atoms with van der Waals surface area (Å²) in [5.74, 6) is -0.261. The number of rotatable bonds is 1. The predicted molar refractivity (Wildman–Crippen MR) is 40.6 cm³/mol. The van der Waals surface area contributed by atoms with Gasteiger partial charge in [0, 0.05) is 0 Å². The molecular formula is C8H9KO3. The largest absolute Gasteiger partial charge is 1.00 e. The fraction of sp³-hybridized carbons (Fsp3) is 0.125. The van der Waals surface area contributed by atoms with Crippen LogP contribution in [0.5, 0.6) is 5.75 Å². The van der Waals surface area contributed by atoms with Crippen molar-refractivity contribution < 1.29 is 67.4 Å². The van der Waals surface area contributed by atoms with Crippen LogP contribution in [0, 0.1) is 0 Å². The number of carbonyl (C=O) groups is 1. The molecule has 0 fully saturated rings. The zero-order valence-corrected chi connectivity index (χ0v) is 10.2. The average molecular weight is 192 g/mol. The second kappa shape index (κ2) is 5.72. The molecule has 60 valence electrons. The van der Waals surface area contributed by atoms with E-state index in [0.717, 1.165) is 0 Å². The topological polar surface area (TPSA) is 46.5 Å². The molecule has 0 amide bonds. The smallest absolute Gasteiger partial charge is 1.00 e. The van der Waals surface area contributed by atoms with Crippen LogP contribution in [-0.2, 0) is 4.74 Å². The summed E-state index contributed by atoms with van der Waals surface area (Å²) in [6, 6.07) is 5.88. The Bertz CT molecular complexity index is 261. The second-order valence-electron chi connectivity index (χ2n) is 2.04. The molecule has 4 heteroatoms. The van der Waals surface area contributed by atoms with E-state index in [2.05, 4.69) is 4.74 Å². The van der Waals surface area contributed by atoms with Gasteiger partial charge in [0.05, 0.1) is 12.7 Å². The normalized spacial score (nSPS) is 8.42. The van der Waals surface area contributed by atoms with Gasteiger partial charge in [-0.15, -0.1) is 0 Å². The predicted octanol–water partition coefficient (Wildman–Crippen LogP) is -1.70. The van der Waals surface area contributed by atoms with Crippen LogP contribution in [-0.4, -0.2) is 18.2 Å². The maximum absolute atomic E-state index is 10.8. The zero-order valence-electron chi connectivity index (χ0n) is 8.07. The quantitative estimate of drug-likeness (QED) is 0.426. The van der Waals surface area contributed by atoms with Gasteiger partial charge in [0.15, 0.2) is 0 Å². The van der Waals surface area contributed by atoms with Crippen LogP contribution in [0.1, 0.15) is 11.8 Å². The first-order valence-corrected chi connectivity index (χ1v) is 3.11. The average Bonchev–Trinajstić information content (AvgIpc) is 2.05. The summed E-state index contributed by atoms with van der Waals surface area (Å²) < 4.78 is 4.46. The Labute approximate surface area is 115 Å². The van der Waals surface area contributed by atoms with Crippen molar-refractivity contribution in [3.8, 4) is 5.75 Å². The van der Waals surface area contributed by atoms with Crippen molar-refractivity contribution in [2.24, 2.45) is 0 Å². The number of hydrogen-bond acceptors (Lipinski definition) is 3. The number of carbonyl (C=O) groups excluding carboxylic acids is 1. The van der Waals surface area contributed by atoms with Crippen LogP contribution < -0.4 is 51.4 Å². The van der Waals surface area contributed by atoms with Crippen molar-refractivity contribution >= 4 is 5.97 Å². The van der Waals surface area contributed by atoms with Crippen LogP contribution >= 0.6 is 0 Å². The molecule has 3 nitrogen and oxygen atoms in total. The zero-order chi connectivity index (χ0) is 8.27. The fourth-order valence-electron chi connectivity index (χ4n) is 0.715. The maximum Gasteiger partial charge on any atom is 1.00 e. The molecule has 1 aromatic carbocycles. The molecule has 12 heavy (non-hydrogen) atoms. The monoisotopic (exact) mass is 192 g/mol.